The van der Waals surface area contributed by atoms with Gasteiger partial charge in [-0.2, -0.15) is 0 Å². The van der Waals surface area contributed by atoms with Gasteiger partial charge in [0.1, 0.15) is 0 Å². The van der Waals surface area contributed by atoms with E-state index in [2.05, 4.69) is 19.3 Å². The highest BCUT2D eigenvalue weighted by Gasteiger charge is 2.42. The summed E-state index contributed by atoms with van der Waals surface area (Å²) < 4.78 is 5.69. The van der Waals surface area contributed by atoms with Crippen LogP contribution >= 0.6 is 0 Å². The molecule has 2 aliphatic carbocycles. The van der Waals surface area contributed by atoms with Crippen molar-refractivity contribution in [2.45, 2.75) is 45.1 Å². The lowest BCUT2D eigenvalue weighted by molar-refractivity contribution is 0.0834. The van der Waals surface area contributed by atoms with Crippen molar-refractivity contribution in [3.8, 4) is 0 Å². The van der Waals surface area contributed by atoms with E-state index in [0.717, 1.165) is 37.4 Å². The van der Waals surface area contributed by atoms with Crippen molar-refractivity contribution in [3.05, 3.63) is 0 Å². The maximum absolute atomic E-state index is 5.69. The lowest BCUT2D eigenvalue weighted by Gasteiger charge is -2.30. The molecule has 0 aromatic carbocycles. The minimum atomic E-state index is 0.604. The van der Waals surface area contributed by atoms with E-state index in [4.69, 9.17) is 4.74 Å². The predicted molar refractivity (Wildman–Crippen MR) is 62.9 cm³/mol. The fourth-order valence-electron chi connectivity index (χ4n) is 3.56. The van der Waals surface area contributed by atoms with Gasteiger partial charge in [-0.25, -0.2) is 0 Å². The summed E-state index contributed by atoms with van der Waals surface area (Å²) in [5, 5.41) is 3.46. The highest BCUT2D eigenvalue weighted by atomic mass is 16.5. The molecular formula is C13H25NO. The maximum atomic E-state index is 5.69. The molecule has 0 aromatic heterocycles. The van der Waals surface area contributed by atoms with E-state index >= 15 is 0 Å². The normalized spacial score (nSPS) is 36.0. The molecule has 0 spiro atoms. The van der Waals surface area contributed by atoms with Crippen LogP contribution in [0.3, 0.4) is 0 Å². The number of hydrogen-bond acceptors (Lipinski definition) is 2. The van der Waals surface area contributed by atoms with Crippen molar-refractivity contribution in [2.75, 3.05) is 20.3 Å². The second-order valence-electron chi connectivity index (χ2n) is 5.31. The summed E-state index contributed by atoms with van der Waals surface area (Å²) >= 11 is 0. The highest BCUT2D eigenvalue weighted by molar-refractivity contribution is 4.94. The van der Waals surface area contributed by atoms with Gasteiger partial charge in [-0.15, -0.1) is 0 Å². The molecule has 2 aliphatic rings. The lowest BCUT2D eigenvalue weighted by atomic mass is 9.83. The summed E-state index contributed by atoms with van der Waals surface area (Å²) in [5.74, 6) is 2.94. The SMILES string of the molecule is CCCOCC(NC)C1CC2CCC1C2. The molecule has 2 fully saturated rings. The molecular weight excluding hydrogens is 186 g/mol. The first-order valence-corrected chi connectivity index (χ1v) is 6.60. The molecule has 0 radical (unpaired) electrons. The Bertz CT molecular complexity index is 195. The van der Waals surface area contributed by atoms with Crippen molar-refractivity contribution >= 4 is 0 Å². The van der Waals surface area contributed by atoms with E-state index in [1.54, 1.807) is 0 Å². The number of likely N-dealkylation sites (N-methyl/N-ethyl adjacent to an activating group) is 1. The Morgan fingerprint density at radius 1 is 1.33 bits per heavy atom. The van der Waals surface area contributed by atoms with Crippen LogP contribution in [0.1, 0.15) is 39.0 Å². The molecule has 0 saturated heterocycles. The Hall–Kier alpha value is -0.0800. The molecule has 0 amide bonds. The van der Waals surface area contributed by atoms with Crippen LogP contribution in [0.15, 0.2) is 0 Å². The fourth-order valence-corrected chi connectivity index (χ4v) is 3.56. The van der Waals surface area contributed by atoms with Crippen molar-refractivity contribution < 1.29 is 4.74 Å². The number of hydrogen-bond donors (Lipinski definition) is 1. The average Bonchev–Trinajstić information content (AvgIpc) is 2.86. The van der Waals surface area contributed by atoms with Crippen LogP contribution in [-0.2, 0) is 4.74 Å². The minimum Gasteiger partial charge on any atom is -0.380 e. The highest BCUT2D eigenvalue weighted by Crippen LogP contribution is 2.49. The number of ether oxygens (including phenoxy) is 1. The van der Waals surface area contributed by atoms with Crippen LogP contribution < -0.4 is 5.32 Å². The molecule has 0 heterocycles. The van der Waals surface area contributed by atoms with E-state index in [1.807, 2.05) is 0 Å². The summed E-state index contributed by atoms with van der Waals surface area (Å²) in [5.41, 5.74) is 0. The smallest absolute Gasteiger partial charge is 0.0622 e. The minimum absolute atomic E-state index is 0.604. The van der Waals surface area contributed by atoms with E-state index < -0.39 is 0 Å². The zero-order valence-corrected chi connectivity index (χ0v) is 10.2. The second-order valence-corrected chi connectivity index (χ2v) is 5.31. The van der Waals surface area contributed by atoms with Gasteiger partial charge in [-0.05, 0) is 50.5 Å². The molecule has 0 aliphatic heterocycles. The predicted octanol–water partition coefficient (Wildman–Crippen LogP) is 2.44. The van der Waals surface area contributed by atoms with Crippen molar-refractivity contribution in [1.29, 1.82) is 0 Å². The van der Waals surface area contributed by atoms with Gasteiger partial charge < -0.3 is 10.1 Å². The standard InChI is InChI=1S/C13H25NO/c1-3-6-15-9-13(14-2)12-8-10-4-5-11(12)7-10/h10-14H,3-9H2,1-2H3. The molecule has 15 heavy (non-hydrogen) atoms. The summed E-state index contributed by atoms with van der Waals surface area (Å²) in [4.78, 5) is 0. The Labute approximate surface area is 93.8 Å². The molecule has 2 heteroatoms. The molecule has 2 bridgehead atoms. The van der Waals surface area contributed by atoms with Crippen LogP contribution in [0.5, 0.6) is 0 Å². The van der Waals surface area contributed by atoms with Gasteiger partial charge >= 0.3 is 0 Å². The third kappa shape index (κ3) is 2.54. The van der Waals surface area contributed by atoms with Gasteiger partial charge in [-0.1, -0.05) is 13.3 Å². The first-order valence-electron chi connectivity index (χ1n) is 6.60. The van der Waals surface area contributed by atoms with E-state index in [0.29, 0.717) is 6.04 Å². The largest absolute Gasteiger partial charge is 0.380 e. The summed E-state index contributed by atoms with van der Waals surface area (Å²) in [6.45, 7) is 4.00. The van der Waals surface area contributed by atoms with Gasteiger partial charge in [0.2, 0.25) is 0 Å². The average molecular weight is 211 g/mol. The van der Waals surface area contributed by atoms with Crippen LogP contribution in [-0.4, -0.2) is 26.3 Å². The van der Waals surface area contributed by atoms with E-state index in [-0.39, 0.29) is 0 Å². The molecule has 4 atom stereocenters. The molecule has 0 aromatic rings. The van der Waals surface area contributed by atoms with Crippen molar-refractivity contribution in [1.82, 2.24) is 5.32 Å². The summed E-state index contributed by atoms with van der Waals surface area (Å²) in [6.07, 6.45) is 7.05. The first-order chi connectivity index (χ1) is 7.35. The van der Waals surface area contributed by atoms with Gasteiger partial charge in [0.15, 0.2) is 0 Å². The van der Waals surface area contributed by atoms with Gasteiger partial charge in [-0.3, -0.25) is 0 Å². The Kier molecular flexibility index (Phi) is 4.04. The fraction of sp³-hybridized carbons (Fsp3) is 1.00. The number of nitrogens with one attached hydrogen (secondary N) is 1. The molecule has 4 unspecified atom stereocenters. The van der Waals surface area contributed by atoms with Crippen LogP contribution in [0, 0.1) is 17.8 Å². The Morgan fingerprint density at radius 3 is 2.73 bits per heavy atom. The van der Waals surface area contributed by atoms with Crippen molar-refractivity contribution in [3.63, 3.8) is 0 Å². The monoisotopic (exact) mass is 211 g/mol. The summed E-state index contributed by atoms with van der Waals surface area (Å²) in [6, 6.07) is 0.604. The molecule has 2 nitrogen and oxygen atoms in total. The Morgan fingerprint density at radius 2 is 2.20 bits per heavy atom. The molecule has 2 rings (SSSR count). The van der Waals surface area contributed by atoms with Gasteiger partial charge in [0.05, 0.1) is 6.61 Å². The van der Waals surface area contributed by atoms with Crippen molar-refractivity contribution in [2.24, 2.45) is 17.8 Å². The second kappa shape index (κ2) is 5.31. The zero-order valence-electron chi connectivity index (χ0n) is 10.2. The Balaban J connectivity index is 1.79. The van der Waals surface area contributed by atoms with Gasteiger partial charge in [0, 0.05) is 12.6 Å². The van der Waals surface area contributed by atoms with E-state index in [9.17, 15) is 0 Å². The number of fused-ring (bicyclic) bond motifs is 2. The van der Waals surface area contributed by atoms with Crippen LogP contribution in [0.4, 0.5) is 0 Å². The maximum Gasteiger partial charge on any atom is 0.0622 e. The summed E-state index contributed by atoms with van der Waals surface area (Å²) in [7, 11) is 2.09. The third-order valence-electron chi connectivity index (χ3n) is 4.33. The lowest BCUT2D eigenvalue weighted by Crippen LogP contribution is -2.40. The topological polar surface area (TPSA) is 21.3 Å². The first kappa shape index (κ1) is 11.4. The molecule has 88 valence electrons. The zero-order chi connectivity index (χ0) is 10.7. The van der Waals surface area contributed by atoms with Crippen LogP contribution in [0.25, 0.3) is 0 Å². The molecule has 2 saturated carbocycles. The van der Waals surface area contributed by atoms with E-state index in [1.165, 1.54) is 25.7 Å². The quantitative estimate of drug-likeness (QED) is 0.681. The van der Waals surface area contributed by atoms with Crippen LogP contribution in [0.2, 0.25) is 0 Å². The van der Waals surface area contributed by atoms with Gasteiger partial charge in [0.25, 0.3) is 0 Å². The third-order valence-corrected chi connectivity index (χ3v) is 4.33. The number of rotatable bonds is 6. The molecule has 1 N–H and O–H groups in total.